The molecule has 0 unspecified atom stereocenters. The smallest absolute Gasteiger partial charge is 0.310 e. The van der Waals surface area contributed by atoms with Crippen LogP contribution in [0.25, 0.3) is 0 Å². The third-order valence-corrected chi connectivity index (χ3v) is 5.87. The fourth-order valence-electron chi connectivity index (χ4n) is 2.70. The summed E-state index contributed by atoms with van der Waals surface area (Å²) in [5, 5.41) is 13.1. The molecule has 9 heteroatoms. The Labute approximate surface area is 128 Å². The number of aliphatic carboxylic acids is 1. The van der Waals surface area contributed by atoms with E-state index in [2.05, 4.69) is 9.82 Å². The first-order valence-electron chi connectivity index (χ1n) is 6.69. The molecular formula is C12H18ClN3O4S. The van der Waals surface area contributed by atoms with Crippen LogP contribution < -0.4 is 4.72 Å². The molecule has 0 amide bonds. The number of carbonyl (C=O) groups is 1. The molecule has 0 saturated heterocycles. The van der Waals surface area contributed by atoms with Crippen LogP contribution in [0, 0.1) is 5.41 Å². The van der Waals surface area contributed by atoms with Gasteiger partial charge in [0.2, 0.25) is 0 Å². The molecule has 0 atom stereocenters. The summed E-state index contributed by atoms with van der Waals surface area (Å²) in [6.45, 7) is -0.133. The second kappa shape index (κ2) is 5.94. The van der Waals surface area contributed by atoms with Crippen molar-refractivity contribution in [3.8, 4) is 0 Å². The number of nitrogens with one attached hydrogen (secondary N) is 1. The van der Waals surface area contributed by atoms with Crippen molar-refractivity contribution in [1.29, 1.82) is 0 Å². The van der Waals surface area contributed by atoms with E-state index < -0.39 is 21.4 Å². The topological polar surface area (TPSA) is 101 Å². The lowest BCUT2D eigenvalue weighted by Crippen LogP contribution is -2.44. The molecule has 0 radical (unpaired) electrons. The summed E-state index contributed by atoms with van der Waals surface area (Å²) in [6, 6.07) is 0. The molecule has 0 bridgehead atoms. The van der Waals surface area contributed by atoms with Gasteiger partial charge in [0.15, 0.2) is 5.03 Å². The molecule has 0 aliphatic heterocycles. The highest BCUT2D eigenvalue weighted by Gasteiger charge is 2.41. The van der Waals surface area contributed by atoms with Crippen molar-refractivity contribution in [1.82, 2.24) is 14.5 Å². The number of hydrogen-bond donors (Lipinski definition) is 2. The van der Waals surface area contributed by atoms with E-state index in [1.165, 1.54) is 13.2 Å². The van der Waals surface area contributed by atoms with E-state index in [4.69, 9.17) is 11.6 Å². The van der Waals surface area contributed by atoms with Crippen LogP contribution in [-0.4, -0.2) is 35.8 Å². The number of hydrogen-bond acceptors (Lipinski definition) is 4. The van der Waals surface area contributed by atoms with Crippen molar-refractivity contribution in [3.63, 3.8) is 0 Å². The average molecular weight is 336 g/mol. The number of aromatic nitrogens is 2. The molecule has 1 aromatic heterocycles. The largest absolute Gasteiger partial charge is 0.481 e. The van der Waals surface area contributed by atoms with Gasteiger partial charge in [0, 0.05) is 13.6 Å². The number of sulfonamides is 1. The maximum absolute atomic E-state index is 12.3. The highest BCUT2D eigenvalue weighted by molar-refractivity contribution is 7.89. The zero-order chi connectivity index (χ0) is 15.7. The standard InChI is InChI=1S/C12H18ClN3O4S/c1-16-10(9(13)7-14-16)21(19,20)15-8-12(11(17)18)5-3-2-4-6-12/h7,15H,2-6,8H2,1H3,(H,17,18). The van der Waals surface area contributed by atoms with Gasteiger partial charge in [-0.1, -0.05) is 30.9 Å². The fourth-order valence-corrected chi connectivity index (χ4v) is 4.48. The van der Waals surface area contributed by atoms with Gasteiger partial charge in [-0.2, -0.15) is 5.10 Å². The maximum Gasteiger partial charge on any atom is 0.310 e. The highest BCUT2D eigenvalue weighted by atomic mass is 35.5. The van der Waals surface area contributed by atoms with Crippen LogP contribution in [0.4, 0.5) is 0 Å². The van der Waals surface area contributed by atoms with Gasteiger partial charge < -0.3 is 5.11 Å². The van der Waals surface area contributed by atoms with E-state index in [0.717, 1.165) is 23.9 Å². The first-order chi connectivity index (χ1) is 9.78. The Bertz CT molecular complexity index is 615. The van der Waals surface area contributed by atoms with E-state index in [1.54, 1.807) is 0 Å². The van der Waals surface area contributed by atoms with Crippen LogP contribution in [0.15, 0.2) is 11.2 Å². The number of nitrogens with zero attached hydrogens (tertiary/aromatic N) is 2. The summed E-state index contributed by atoms with van der Waals surface area (Å²) >= 11 is 5.83. The monoisotopic (exact) mass is 335 g/mol. The third-order valence-electron chi connectivity index (χ3n) is 3.96. The molecular weight excluding hydrogens is 318 g/mol. The lowest BCUT2D eigenvalue weighted by atomic mass is 9.74. The molecule has 1 saturated carbocycles. The Balaban J connectivity index is 2.19. The second-order valence-corrected chi connectivity index (χ2v) is 7.48. The van der Waals surface area contributed by atoms with E-state index in [0.29, 0.717) is 12.8 Å². The van der Waals surface area contributed by atoms with Crippen molar-refractivity contribution in [2.75, 3.05) is 6.54 Å². The van der Waals surface area contributed by atoms with Gasteiger partial charge in [-0.15, -0.1) is 0 Å². The molecule has 2 N–H and O–H groups in total. The SMILES string of the molecule is Cn1ncc(Cl)c1S(=O)(=O)NCC1(C(=O)O)CCCCC1. The molecule has 0 spiro atoms. The summed E-state index contributed by atoms with van der Waals surface area (Å²) in [7, 11) is -2.43. The Kier molecular flexibility index (Phi) is 4.60. The Morgan fingerprint density at radius 2 is 2.10 bits per heavy atom. The fraction of sp³-hybridized carbons (Fsp3) is 0.667. The first kappa shape index (κ1) is 16.3. The summed E-state index contributed by atoms with van der Waals surface area (Å²) in [6.07, 6.45) is 4.76. The van der Waals surface area contributed by atoms with E-state index in [-0.39, 0.29) is 16.6 Å². The van der Waals surface area contributed by atoms with Crippen molar-refractivity contribution in [3.05, 3.63) is 11.2 Å². The Morgan fingerprint density at radius 1 is 1.48 bits per heavy atom. The highest BCUT2D eigenvalue weighted by Crippen LogP contribution is 2.36. The average Bonchev–Trinajstić information content (AvgIpc) is 2.77. The summed E-state index contributed by atoms with van der Waals surface area (Å²) < 4.78 is 28.1. The van der Waals surface area contributed by atoms with Crippen molar-refractivity contribution < 1.29 is 18.3 Å². The van der Waals surface area contributed by atoms with Gasteiger partial charge in [-0.05, 0) is 12.8 Å². The predicted molar refractivity (Wildman–Crippen MR) is 76.6 cm³/mol. The van der Waals surface area contributed by atoms with Crippen LogP contribution >= 0.6 is 11.6 Å². The number of rotatable bonds is 5. The lowest BCUT2D eigenvalue weighted by molar-refractivity contribution is -0.150. The number of carboxylic acids is 1. The first-order valence-corrected chi connectivity index (χ1v) is 8.55. The van der Waals surface area contributed by atoms with Crippen LogP contribution in [0.5, 0.6) is 0 Å². The molecule has 2 rings (SSSR count). The minimum atomic E-state index is -3.89. The van der Waals surface area contributed by atoms with Gasteiger partial charge in [0.05, 0.1) is 16.6 Å². The number of carboxylic acid groups (broad SMARTS) is 1. The van der Waals surface area contributed by atoms with E-state index in [1.807, 2.05) is 0 Å². The lowest BCUT2D eigenvalue weighted by Gasteiger charge is -2.33. The zero-order valence-electron chi connectivity index (χ0n) is 11.7. The van der Waals surface area contributed by atoms with Crippen molar-refractivity contribution >= 4 is 27.6 Å². The molecule has 1 heterocycles. The van der Waals surface area contributed by atoms with Crippen molar-refractivity contribution in [2.24, 2.45) is 12.5 Å². The Morgan fingerprint density at radius 3 is 2.57 bits per heavy atom. The van der Waals surface area contributed by atoms with Gasteiger partial charge in [-0.3, -0.25) is 9.48 Å². The summed E-state index contributed by atoms with van der Waals surface area (Å²) in [5.41, 5.74) is -1.03. The summed E-state index contributed by atoms with van der Waals surface area (Å²) in [4.78, 5) is 11.5. The van der Waals surface area contributed by atoms with Crippen LogP contribution in [0.1, 0.15) is 32.1 Å². The molecule has 1 aliphatic carbocycles. The minimum absolute atomic E-state index is 0.0121. The van der Waals surface area contributed by atoms with E-state index >= 15 is 0 Å². The molecule has 21 heavy (non-hydrogen) atoms. The van der Waals surface area contributed by atoms with Crippen LogP contribution in [-0.2, 0) is 21.9 Å². The van der Waals surface area contributed by atoms with E-state index in [9.17, 15) is 18.3 Å². The second-order valence-electron chi connectivity index (χ2n) is 5.39. The molecule has 1 fully saturated rings. The minimum Gasteiger partial charge on any atom is -0.481 e. The predicted octanol–water partition coefficient (Wildman–Crippen LogP) is 1.39. The molecule has 0 aromatic carbocycles. The van der Waals surface area contributed by atoms with Gasteiger partial charge in [0.25, 0.3) is 10.0 Å². The van der Waals surface area contributed by atoms with Crippen LogP contribution in [0.2, 0.25) is 5.02 Å². The van der Waals surface area contributed by atoms with Crippen molar-refractivity contribution in [2.45, 2.75) is 37.1 Å². The summed E-state index contributed by atoms with van der Waals surface area (Å²) in [5.74, 6) is -0.957. The number of aryl methyl sites for hydroxylation is 1. The van der Waals surface area contributed by atoms with Gasteiger partial charge in [0.1, 0.15) is 0 Å². The molecule has 1 aliphatic rings. The molecule has 7 nitrogen and oxygen atoms in total. The Hall–Kier alpha value is -1.12. The maximum atomic E-state index is 12.3. The molecule has 1 aromatic rings. The van der Waals surface area contributed by atoms with Gasteiger partial charge in [-0.25, -0.2) is 13.1 Å². The zero-order valence-corrected chi connectivity index (χ0v) is 13.2. The number of halogens is 1. The normalized spacial score (nSPS) is 18.6. The molecule has 118 valence electrons. The van der Waals surface area contributed by atoms with Gasteiger partial charge >= 0.3 is 5.97 Å². The van der Waals surface area contributed by atoms with Crippen LogP contribution in [0.3, 0.4) is 0 Å². The quantitative estimate of drug-likeness (QED) is 0.846. The third kappa shape index (κ3) is 3.22.